The third kappa shape index (κ3) is 4.57. The molecular formula is C16H15Cl2NO2S. The fourth-order valence-corrected chi connectivity index (χ4v) is 3.01. The molecule has 0 aliphatic rings. The van der Waals surface area contributed by atoms with E-state index in [0.29, 0.717) is 21.5 Å². The van der Waals surface area contributed by atoms with Gasteiger partial charge in [0.05, 0.1) is 17.4 Å². The number of carbonyl (C=O) groups is 1. The standard InChI is InChI=1S/C16H15Cl2NO2S/c1-10(22-13-6-3-11(17)4-7-13)16(20)19-12-5-8-15(21-2)14(18)9-12/h3-10H,1-2H3,(H,19,20)/t10-/m0/s1. The molecule has 22 heavy (non-hydrogen) atoms. The predicted octanol–water partition coefficient (Wildman–Crippen LogP) is 5.12. The molecule has 0 radical (unpaired) electrons. The fourth-order valence-electron chi connectivity index (χ4n) is 1.76. The molecule has 0 saturated carbocycles. The molecule has 0 saturated heterocycles. The number of ether oxygens (including phenoxy) is 1. The van der Waals surface area contributed by atoms with Gasteiger partial charge in [-0.1, -0.05) is 23.2 Å². The maximum Gasteiger partial charge on any atom is 0.237 e. The van der Waals surface area contributed by atoms with Crippen LogP contribution in [0.25, 0.3) is 0 Å². The van der Waals surface area contributed by atoms with E-state index in [-0.39, 0.29) is 11.2 Å². The Morgan fingerprint density at radius 2 is 1.86 bits per heavy atom. The van der Waals surface area contributed by atoms with Crippen molar-refractivity contribution in [3.05, 3.63) is 52.5 Å². The monoisotopic (exact) mass is 355 g/mol. The topological polar surface area (TPSA) is 38.3 Å². The van der Waals surface area contributed by atoms with Crippen LogP contribution in [-0.2, 0) is 4.79 Å². The maximum atomic E-state index is 12.2. The van der Waals surface area contributed by atoms with Gasteiger partial charge in [0.15, 0.2) is 0 Å². The highest BCUT2D eigenvalue weighted by molar-refractivity contribution is 8.00. The van der Waals surface area contributed by atoms with Crippen LogP contribution in [0.3, 0.4) is 0 Å². The SMILES string of the molecule is COc1ccc(NC(=O)[C@H](C)Sc2ccc(Cl)cc2)cc1Cl. The Bertz CT molecular complexity index is 662. The molecule has 0 aliphatic heterocycles. The molecule has 1 amide bonds. The smallest absolute Gasteiger partial charge is 0.237 e. The van der Waals surface area contributed by atoms with Gasteiger partial charge in [-0.15, -0.1) is 11.8 Å². The first-order valence-electron chi connectivity index (χ1n) is 6.56. The van der Waals surface area contributed by atoms with Crippen molar-refractivity contribution < 1.29 is 9.53 Å². The number of rotatable bonds is 5. The largest absolute Gasteiger partial charge is 0.495 e. The zero-order valence-corrected chi connectivity index (χ0v) is 14.4. The van der Waals surface area contributed by atoms with Crippen LogP contribution in [0.5, 0.6) is 5.75 Å². The lowest BCUT2D eigenvalue weighted by Crippen LogP contribution is -2.22. The van der Waals surface area contributed by atoms with E-state index in [1.807, 2.05) is 19.1 Å². The number of amides is 1. The summed E-state index contributed by atoms with van der Waals surface area (Å²) >= 11 is 13.4. The number of nitrogens with one attached hydrogen (secondary N) is 1. The van der Waals surface area contributed by atoms with Gasteiger partial charge in [0.1, 0.15) is 5.75 Å². The number of halogens is 2. The Morgan fingerprint density at radius 1 is 1.18 bits per heavy atom. The predicted molar refractivity (Wildman–Crippen MR) is 93.4 cm³/mol. The van der Waals surface area contributed by atoms with Crippen molar-refractivity contribution in [3.63, 3.8) is 0 Å². The maximum absolute atomic E-state index is 12.2. The molecule has 0 heterocycles. The van der Waals surface area contributed by atoms with Crippen LogP contribution in [0.1, 0.15) is 6.92 Å². The second-order valence-electron chi connectivity index (χ2n) is 4.55. The summed E-state index contributed by atoms with van der Waals surface area (Å²) in [5, 5.41) is 3.72. The second kappa shape index (κ2) is 7.77. The highest BCUT2D eigenvalue weighted by Gasteiger charge is 2.15. The lowest BCUT2D eigenvalue weighted by atomic mass is 10.3. The molecule has 2 rings (SSSR count). The van der Waals surface area contributed by atoms with E-state index in [4.69, 9.17) is 27.9 Å². The van der Waals surface area contributed by atoms with Gasteiger partial charge in [-0.05, 0) is 49.4 Å². The number of methoxy groups -OCH3 is 1. The second-order valence-corrected chi connectivity index (χ2v) is 6.81. The molecule has 0 spiro atoms. The first-order chi connectivity index (χ1) is 10.5. The van der Waals surface area contributed by atoms with Gasteiger partial charge in [-0.3, -0.25) is 4.79 Å². The highest BCUT2D eigenvalue weighted by atomic mass is 35.5. The Kier molecular flexibility index (Phi) is 6.00. The molecule has 1 atom stereocenters. The van der Waals surface area contributed by atoms with Gasteiger partial charge in [0.25, 0.3) is 0 Å². The first kappa shape index (κ1) is 17.0. The lowest BCUT2D eigenvalue weighted by Gasteiger charge is -2.13. The summed E-state index contributed by atoms with van der Waals surface area (Å²) in [6, 6.07) is 12.5. The number of benzene rings is 2. The van der Waals surface area contributed by atoms with Crippen molar-refractivity contribution >= 4 is 46.6 Å². The van der Waals surface area contributed by atoms with Gasteiger partial charge < -0.3 is 10.1 Å². The van der Waals surface area contributed by atoms with Crippen LogP contribution < -0.4 is 10.1 Å². The quantitative estimate of drug-likeness (QED) is 0.756. The van der Waals surface area contributed by atoms with Gasteiger partial charge in [0.2, 0.25) is 5.91 Å². The number of hydrogen-bond donors (Lipinski definition) is 1. The number of hydrogen-bond acceptors (Lipinski definition) is 3. The van der Waals surface area contributed by atoms with E-state index in [2.05, 4.69) is 5.32 Å². The number of carbonyl (C=O) groups excluding carboxylic acids is 1. The molecule has 116 valence electrons. The van der Waals surface area contributed by atoms with Crippen molar-refractivity contribution in [2.75, 3.05) is 12.4 Å². The average Bonchev–Trinajstić information content (AvgIpc) is 2.49. The molecule has 6 heteroatoms. The molecule has 1 N–H and O–H groups in total. The molecule has 0 aromatic heterocycles. The molecule has 2 aromatic rings. The summed E-state index contributed by atoms with van der Waals surface area (Å²) in [4.78, 5) is 13.2. The van der Waals surface area contributed by atoms with Gasteiger partial charge >= 0.3 is 0 Å². The summed E-state index contributed by atoms with van der Waals surface area (Å²) in [6.45, 7) is 1.85. The number of thioether (sulfide) groups is 1. The Balaban J connectivity index is 1.99. The molecule has 0 bridgehead atoms. The van der Waals surface area contributed by atoms with Gasteiger partial charge in [-0.25, -0.2) is 0 Å². The minimum atomic E-state index is -0.248. The zero-order valence-electron chi connectivity index (χ0n) is 12.1. The number of anilines is 1. The Morgan fingerprint density at radius 3 is 2.45 bits per heavy atom. The normalized spacial score (nSPS) is 11.8. The average molecular weight is 356 g/mol. The summed E-state index contributed by atoms with van der Waals surface area (Å²) in [7, 11) is 1.55. The molecule has 0 fully saturated rings. The lowest BCUT2D eigenvalue weighted by molar-refractivity contribution is -0.115. The van der Waals surface area contributed by atoms with Gasteiger partial charge in [0, 0.05) is 15.6 Å². The Labute approximate surface area is 144 Å². The van der Waals surface area contributed by atoms with Crippen LogP contribution in [0.4, 0.5) is 5.69 Å². The Hall–Kier alpha value is -1.36. The molecule has 0 aliphatic carbocycles. The van der Waals surface area contributed by atoms with E-state index in [1.165, 1.54) is 11.8 Å². The summed E-state index contributed by atoms with van der Waals surface area (Å²) in [5.41, 5.74) is 0.638. The molecule has 2 aromatic carbocycles. The van der Waals surface area contributed by atoms with Gasteiger partial charge in [-0.2, -0.15) is 0 Å². The summed E-state index contributed by atoms with van der Waals surface area (Å²) in [5.74, 6) is 0.476. The zero-order chi connectivity index (χ0) is 16.1. The molecule has 3 nitrogen and oxygen atoms in total. The fraction of sp³-hybridized carbons (Fsp3) is 0.188. The van der Waals surface area contributed by atoms with Crippen molar-refractivity contribution in [1.82, 2.24) is 0 Å². The van der Waals surface area contributed by atoms with E-state index < -0.39 is 0 Å². The third-order valence-corrected chi connectivity index (χ3v) is 4.57. The first-order valence-corrected chi connectivity index (χ1v) is 8.20. The highest BCUT2D eigenvalue weighted by Crippen LogP contribution is 2.29. The van der Waals surface area contributed by atoms with Crippen molar-refractivity contribution in [2.45, 2.75) is 17.1 Å². The van der Waals surface area contributed by atoms with Crippen molar-refractivity contribution in [2.24, 2.45) is 0 Å². The summed E-state index contributed by atoms with van der Waals surface area (Å²) in [6.07, 6.45) is 0. The minimum Gasteiger partial charge on any atom is -0.495 e. The third-order valence-electron chi connectivity index (χ3n) is 2.92. The van der Waals surface area contributed by atoms with E-state index >= 15 is 0 Å². The van der Waals surface area contributed by atoms with Crippen molar-refractivity contribution in [1.29, 1.82) is 0 Å². The molecule has 0 unspecified atom stereocenters. The van der Waals surface area contributed by atoms with Crippen LogP contribution in [0, 0.1) is 0 Å². The summed E-state index contributed by atoms with van der Waals surface area (Å²) < 4.78 is 5.08. The van der Waals surface area contributed by atoms with Crippen LogP contribution >= 0.6 is 35.0 Å². The van der Waals surface area contributed by atoms with E-state index in [9.17, 15) is 4.79 Å². The van der Waals surface area contributed by atoms with Crippen LogP contribution in [0.15, 0.2) is 47.4 Å². The van der Waals surface area contributed by atoms with Crippen LogP contribution in [-0.4, -0.2) is 18.3 Å². The van der Waals surface area contributed by atoms with Crippen LogP contribution in [0.2, 0.25) is 10.0 Å². The van der Waals surface area contributed by atoms with E-state index in [1.54, 1.807) is 37.4 Å². The van der Waals surface area contributed by atoms with E-state index in [0.717, 1.165) is 4.90 Å². The van der Waals surface area contributed by atoms with Crippen molar-refractivity contribution in [3.8, 4) is 5.75 Å². The molecular weight excluding hydrogens is 341 g/mol. The minimum absolute atomic E-state index is 0.0961.